The van der Waals surface area contributed by atoms with Crippen LogP contribution < -0.4 is 10.5 Å². The number of aromatic amines is 1. The van der Waals surface area contributed by atoms with Gasteiger partial charge in [0, 0.05) is 13.1 Å². The third-order valence-corrected chi connectivity index (χ3v) is 3.91. The zero-order valence-electron chi connectivity index (χ0n) is 12.7. The Labute approximate surface area is 141 Å². The molecule has 0 aliphatic heterocycles. The molecule has 0 aliphatic rings. The first-order valence-electron chi connectivity index (χ1n) is 7.35. The number of anilines is 1. The van der Waals surface area contributed by atoms with Gasteiger partial charge in [-0.15, -0.1) is 0 Å². The van der Waals surface area contributed by atoms with Crippen molar-refractivity contribution in [2.75, 3.05) is 31.2 Å². The molecule has 0 radical (unpaired) electrons. The maximum absolute atomic E-state index is 12.5. The second-order valence-electron chi connectivity index (χ2n) is 5.07. The quantitative estimate of drug-likeness (QED) is 0.600. The topological polar surface area (TPSA) is 107 Å². The van der Waals surface area contributed by atoms with Gasteiger partial charge in [0.05, 0.1) is 36.1 Å². The number of hydrogen-bond acceptors (Lipinski definition) is 6. The number of imidazole rings is 1. The molecule has 2 aromatic heterocycles. The Morgan fingerprint density at radius 1 is 1.21 bits per heavy atom. The first-order valence-corrected chi connectivity index (χ1v) is 7.73. The Balaban J connectivity index is 2.05. The van der Waals surface area contributed by atoms with Gasteiger partial charge in [0.1, 0.15) is 5.02 Å². The SMILES string of the molecule is O=c1c(Cl)c(N(CCO)CCO)cnn1-c1nc2ccccc2[nH]1. The molecule has 24 heavy (non-hydrogen) atoms. The highest BCUT2D eigenvalue weighted by molar-refractivity contribution is 6.33. The van der Waals surface area contributed by atoms with Gasteiger partial charge in [0.15, 0.2) is 0 Å². The van der Waals surface area contributed by atoms with Crippen LogP contribution in [0.25, 0.3) is 17.0 Å². The third kappa shape index (κ3) is 2.99. The lowest BCUT2D eigenvalue weighted by Crippen LogP contribution is -2.33. The molecule has 8 nitrogen and oxygen atoms in total. The molecular weight excluding hydrogens is 334 g/mol. The normalized spacial score (nSPS) is 11.1. The molecule has 0 bridgehead atoms. The van der Waals surface area contributed by atoms with E-state index >= 15 is 0 Å². The van der Waals surface area contributed by atoms with Gasteiger partial charge in [0.25, 0.3) is 5.56 Å². The minimum absolute atomic E-state index is 0.0487. The molecule has 0 fully saturated rings. The summed E-state index contributed by atoms with van der Waals surface area (Å²) in [4.78, 5) is 21.5. The van der Waals surface area contributed by atoms with Gasteiger partial charge in [-0.1, -0.05) is 23.7 Å². The standard InChI is InChI=1S/C15H16ClN5O3/c16-13-12(20(5-7-22)6-8-23)9-17-21(14(13)24)15-18-10-3-1-2-4-11(10)19-15/h1-4,9,22-23H,5-8H2,(H,18,19). The van der Waals surface area contributed by atoms with Crippen LogP contribution in [0.5, 0.6) is 0 Å². The van der Waals surface area contributed by atoms with E-state index in [0.717, 1.165) is 10.2 Å². The zero-order valence-corrected chi connectivity index (χ0v) is 13.4. The lowest BCUT2D eigenvalue weighted by atomic mass is 10.3. The molecule has 0 spiro atoms. The number of rotatable bonds is 6. The van der Waals surface area contributed by atoms with Crippen LogP contribution in [0.3, 0.4) is 0 Å². The lowest BCUT2D eigenvalue weighted by Gasteiger charge is -2.23. The van der Waals surface area contributed by atoms with Crippen molar-refractivity contribution in [3.63, 3.8) is 0 Å². The number of aliphatic hydroxyl groups excluding tert-OH is 2. The predicted molar refractivity (Wildman–Crippen MR) is 90.9 cm³/mol. The first kappa shape index (κ1) is 16.4. The van der Waals surface area contributed by atoms with Gasteiger partial charge < -0.3 is 20.1 Å². The predicted octanol–water partition coefficient (Wildman–Crippen LogP) is 0.553. The van der Waals surface area contributed by atoms with Crippen LogP contribution in [0.2, 0.25) is 5.02 Å². The van der Waals surface area contributed by atoms with Crippen LogP contribution in [0.15, 0.2) is 35.3 Å². The number of nitrogens with zero attached hydrogens (tertiary/aromatic N) is 4. The van der Waals surface area contributed by atoms with E-state index < -0.39 is 5.56 Å². The molecule has 2 heterocycles. The first-order chi connectivity index (χ1) is 11.7. The Bertz CT molecular complexity index is 869. The Morgan fingerprint density at radius 2 is 1.92 bits per heavy atom. The van der Waals surface area contributed by atoms with Crippen molar-refractivity contribution in [1.29, 1.82) is 0 Å². The van der Waals surface area contributed by atoms with Crippen molar-refractivity contribution in [2.24, 2.45) is 0 Å². The summed E-state index contributed by atoms with van der Waals surface area (Å²) in [7, 11) is 0. The fraction of sp³-hybridized carbons (Fsp3) is 0.267. The van der Waals surface area contributed by atoms with E-state index in [-0.39, 0.29) is 37.3 Å². The van der Waals surface area contributed by atoms with Crippen LogP contribution in [-0.2, 0) is 0 Å². The molecule has 3 aromatic rings. The molecule has 0 aliphatic carbocycles. The summed E-state index contributed by atoms with van der Waals surface area (Å²) >= 11 is 6.19. The maximum atomic E-state index is 12.5. The van der Waals surface area contributed by atoms with Gasteiger partial charge in [-0.05, 0) is 12.1 Å². The molecule has 0 amide bonds. The van der Waals surface area contributed by atoms with Gasteiger partial charge in [0.2, 0.25) is 5.95 Å². The second kappa shape index (κ2) is 7.00. The number of H-pyrrole nitrogens is 1. The van der Waals surface area contributed by atoms with E-state index in [1.54, 1.807) is 4.90 Å². The summed E-state index contributed by atoms with van der Waals surface area (Å²) in [6.45, 7) is 0.193. The molecule has 0 saturated heterocycles. The van der Waals surface area contributed by atoms with E-state index in [0.29, 0.717) is 11.2 Å². The number of fused-ring (bicyclic) bond motifs is 1. The van der Waals surface area contributed by atoms with Gasteiger partial charge in [-0.3, -0.25) is 4.79 Å². The largest absolute Gasteiger partial charge is 0.395 e. The van der Waals surface area contributed by atoms with E-state index in [1.165, 1.54) is 6.20 Å². The number of nitrogens with one attached hydrogen (secondary N) is 1. The minimum Gasteiger partial charge on any atom is -0.395 e. The van der Waals surface area contributed by atoms with Gasteiger partial charge >= 0.3 is 0 Å². The van der Waals surface area contributed by atoms with Crippen molar-refractivity contribution in [3.05, 3.63) is 45.8 Å². The number of hydrogen-bond donors (Lipinski definition) is 3. The molecular formula is C15H16ClN5O3. The minimum atomic E-state index is -0.533. The monoisotopic (exact) mass is 349 g/mol. The smallest absolute Gasteiger partial charge is 0.295 e. The molecule has 1 aromatic carbocycles. The molecule has 3 N–H and O–H groups in total. The van der Waals surface area contributed by atoms with Crippen LogP contribution in [0, 0.1) is 0 Å². The van der Waals surface area contributed by atoms with Gasteiger partial charge in [-0.2, -0.15) is 9.78 Å². The fourth-order valence-electron chi connectivity index (χ4n) is 2.43. The number of halogens is 1. The van der Waals surface area contributed by atoms with Crippen LogP contribution in [0.4, 0.5) is 5.69 Å². The van der Waals surface area contributed by atoms with Gasteiger partial charge in [-0.25, -0.2) is 4.98 Å². The number of aromatic nitrogens is 4. The van der Waals surface area contributed by atoms with E-state index in [2.05, 4.69) is 15.1 Å². The van der Waals surface area contributed by atoms with Crippen LogP contribution in [-0.4, -0.2) is 56.3 Å². The average molecular weight is 350 g/mol. The summed E-state index contributed by atoms with van der Waals surface area (Å²) in [6.07, 6.45) is 1.42. The van der Waals surface area contributed by atoms with Crippen LogP contribution in [0.1, 0.15) is 0 Å². The number of benzene rings is 1. The van der Waals surface area contributed by atoms with E-state index in [9.17, 15) is 4.79 Å². The molecule has 9 heteroatoms. The highest BCUT2D eigenvalue weighted by Gasteiger charge is 2.17. The number of para-hydroxylation sites is 2. The summed E-state index contributed by atoms with van der Waals surface area (Å²) in [6, 6.07) is 7.37. The van der Waals surface area contributed by atoms with Crippen LogP contribution >= 0.6 is 11.6 Å². The van der Waals surface area contributed by atoms with Crippen molar-refractivity contribution in [1.82, 2.24) is 19.7 Å². The Hall–Kier alpha value is -2.42. The summed E-state index contributed by atoms with van der Waals surface area (Å²) in [5, 5.41) is 22.3. The second-order valence-corrected chi connectivity index (χ2v) is 5.45. The third-order valence-electron chi connectivity index (χ3n) is 3.56. The fourth-order valence-corrected chi connectivity index (χ4v) is 2.68. The van der Waals surface area contributed by atoms with Crippen molar-refractivity contribution in [2.45, 2.75) is 0 Å². The van der Waals surface area contributed by atoms with Crippen molar-refractivity contribution in [3.8, 4) is 5.95 Å². The Morgan fingerprint density at radius 3 is 2.58 bits per heavy atom. The molecule has 0 saturated carbocycles. The number of aliphatic hydroxyl groups is 2. The molecule has 126 valence electrons. The van der Waals surface area contributed by atoms with Crippen molar-refractivity contribution < 1.29 is 10.2 Å². The summed E-state index contributed by atoms with van der Waals surface area (Å²) < 4.78 is 1.09. The highest BCUT2D eigenvalue weighted by atomic mass is 35.5. The van der Waals surface area contributed by atoms with E-state index in [1.807, 2.05) is 24.3 Å². The zero-order chi connectivity index (χ0) is 17.1. The molecule has 0 atom stereocenters. The lowest BCUT2D eigenvalue weighted by molar-refractivity contribution is 0.281. The molecule has 3 rings (SSSR count). The summed E-state index contributed by atoms with van der Waals surface area (Å²) in [5.74, 6) is 0.269. The summed E-state index contributed by atoms with van der Waals surface area (Å²) in [5.41, 5.74) is 1.32. The van der Waals surface area contributed by atoms with Crippen molar-refractivity contribution >= 4 is 28.3 Å². The van der Waals surface area contributed by atoms with E-state index in [4.69, 9.17) is 21.8 Å². The molecule has 0 unspecified atom stereocenters. The Kier molecular flexibility index (Phi) is 4.79. The average Bonchev–Trinajstić information content (AvgIpc) is 3.01. The highest BCUT2D eigenvalue weighted by Crippen LogP contribution is 2.21. The maximum Gasteiger partial charge on any atom is 0.295 e.